The van der Waals surface area contributed by atoms with Crippen LogP contribution in [0.25, 0.3) is 16.8 Å². The molecule has 0 aliphatic carbocycles. The Balaban J connectivity index is 1.39. The van der Waals surface area contributed by atoms with Gasteiger partial charge < -0.3 is 4.74 Å². The Kier molecular flexibility index (Phi) is 6.04. The van der Waals surface area contributed by atoms with E-state index < -0.39 is 17.8 Å². The van der Waals surface area contributed by atoms with Gasteiger partial charge in [0.2, 0.25) is 0 Å². The fourth-order valence-electron chi connectivity index (χ4n) is 3.92. The van der Waals surface area contributed by atoms with Crippen molar-refractivity contribution in [3.8, 4) is 5.75 Å². The summed E-state index contributed by atoms with van der Waals surface area (Å²) in [6.45, 7) is 0.361. The van der Waals surface area contributed by atoms with Crippen LogP contribution in [-0.2, 0) is 16.2 Å². The number of urea groups is 1. The van der Waals surface area contributed by atoms with E-state index >= 15 is 0 Å². The summed E-state index contributed by atoms with van der Waals surface area (Å²) in [5.74, 6) is -0.892. The Hall–Kier alpha value is -4.42. The van der Waals surface area contributed by atoms with Crippen molar-refractivity contribution < 1.29 is 19.1 Å². The molecule has 1 heterocycles. The minimum atomic E-state index is -0.813. The van der Waals surface area contributed by atoms with Crippen LogP contribution < -0.4 is 15.0 Å². The third-order valence-corrected chi connectivity index (χ3v) is 5.88. The Morgan fingerprint density at radius 2 is 1.60 bits per heavy atom. The molecule has 0 bridgehead atoms. The number of nitrogens with zero attached hydrogens (tertiary/aromatic N) is 1. The number of benzene rings is 4. The molecule has 0 aromatic heterocycles. The van der Waals surface area contributed by atoms with Gasteiger partial charge in [0.05, 0.1) is 5.69 Å². The molecular weight excluding hydrogens is 464 g/mol. The zero-order valence-corrected chi connectivity index (χ0v) is 19.2. The predicted molar refractivity (Wildman–Crippen MR) is 135 cm³/mol. The topological polar surface area (TPSA) is 75.7 Å². The number of nitrogens with one attached hydrogen (secondary N) is 1. The van der Waals surface area contributed by atoms with Crippen LogP contribution in [0.15, 0.2) is 96.6 Å². The molecule has 4 aromatic rings. The molecule has 4 aromatic carbocycles. The number of hydrogen-bond acceptors (Lipinski definition) is 4. The summed E-state index contributed by atoms with van der Waals surface area (Å²) < 4.78 is 6.01. The lowest BCUT2D eigenvalue weighted by Crippen LogP contribution is -2.54. The Morgan fingerprint density at radius 1 is 0.857 bits per heavy atom. The lowest BCUT2D eigenvalue weighted by molar-refractivity contribution is -0.122. The number of fused-ring (bicyclic) bond motifs is 1. The van der Waals surface area contributed by atoms with E-state index in [2.05, 4.69) is 23.5 Å². The number of imide groups is 2. The molecule has 7 heteroatoms. The number of amides is 4. The van der Waals surface area contributed by atoms with Crippen LogP contribution in [0.5, 0.6) is 5.75 Å². The largest absolute Gasteiger partial charge is 0.489 e. The van der Waals surface area contributed by atoms with Crippen LogP contribution in [0.3, 0.4) is 0 Å². The molecule has 6 nitrogen and oxygen atoms in total. The van der Waals surface area contributed by atoms with E-state index in [4.69, 9.17) is 16.3 Å². The lowest BCUT2D eigenvalue weighted by Gasteiger charge is -2.26. The van der Waals surface area contributed by atoms with Gasteiger partial charge in [-0.05, 0) is 64.4 Å². The first-order valence-electron chi connectivity index (χ1n) is 10.9. The molecule has 0 unspecified atom stereocenters. The van der Waals surface area contributed by atoms with E-state index in [-0.39, 0.29) is 5.57 Å². The fraction of sp³-hybridized carbons (Fsp3) is 0.0357. The molecule has 0 radical (unpaired) electrons. The zero-order chi connectivity index (χ0) is 24.4. The third kappa shape index (κ3) is 4.65. The Morgan fingerprint density at radius 3 is 2.43 bits per heavy atom. The number of rotatable bonds is 5. The number of halogens is 1. The van der Waals surface area contributed by atoms with Gasteiger partial charge in [-0.25, -0.2) is 9.69 Å². The van der Waals surface area contributed by atoms with Gasteiger partial charge in [-0.15, -0.1) is 0 Å². The van der Waals surface area contributed by atoms with Crippen molar-refractivity contribution in [2.24, 2.45) is 0 Å². The van der Waals surface area contributed by atoms with Crippen molar-refractivity contribution in [2.75, 3.05) is 4.90 Å². The quantitative estimate of drug-likeness (QED) is 0.291. The Bertz CT molecular complexity index is 1490. The molecule has 0 atom stereocenters. The predicted octanol–water partition coefficient (Wildman–Crippen LogP) is 5.74. The average Bonchev–Trinajstić information content (AvgIpc) is 2.86. The minimum Gasteiger partial charge on any atom is -0.489 e. The summed E-state index contributed by atoms with van der Waals surface area (Å²) in [7, 11) is 0. The minimum absolute atomic E-state index is 0.161. The molecule has 172 valence electrons. The van der Waals surface area contributed by atoms with E-state index in [9.17, 15) is 14.4 Å². The van der Waals surface area contributed by atoms with Gasteiger partial charge in [0.15, 0.2) is 0 Å². The highest BCUT2D eigenvalue weighted by atomic mass is 35.5. The summed E-state index contributed by atoms with van der Waals surface area (Å²) in [6.07, 6.45) is 1.44. The van der Waals surface area contributed by atoms with E-state index in [0.717, 1.165) is 21.2 Å². The molecule has 0 saturated carbocycles. The number of carbonyl (C=O) groups is 3. The molecule has 5 rings (SSSR count). The third-order valence-electron chi connectivity index (χ3n) is 5.63. The van der Waals surface area contributed by atoms with Crippen molar-refractivity contribution in [1.82, 2.24) is 5.32 Å². The van der Waals surface area contributed by atoms with Gasteiger partial charge in [0.1, 0.15) is 17.9 Å². The number of hydrogen-bond donors (Lipinski definition) is 1. The Labute approximate surface area is 206 Å². The highest BCUT2D eigenvalue weighted by Gasteiger charge is 2.36. The molecule has 1 fully saturated rings. The van der Waals surface area contributed by atoms with Gasteiger partial charge >= 0.3 is 6.03 Å². The average molecular weight is 483 g/mol. The maximum Gasteiger partial charge on any atom is 0.335 e. The first-order chi connectivity index (χ1) is 17.0. The SMILES string of the molecule is O=C1NC(=O)N(c2ccc(Cl)cc2)C(=O)/C1=C\c1cccc(OCc2cccc3ccccc23)c1. The molecule has 1 aliphatic heterocycles. The smallest absolute Gasteiger partial charge is 0.335 e. The van der Waals surface area contributed by atoms with Crippen LogP contribution in [0.4, 0.5) is 10.5 Å². The summed E-state index contributed by atoms with van der Waals surface area (Å²) >= 11 is 5.91. The summed E-state index contributed by atoms with van der Waals surface area (Å²) in [4.78, 5) is 38.8. The number of barbiturate groups is 1. The number of anilines is 1. The molecule has 1 aliphatic rings. The van der Waals surface area contributed by atoms with Crippen molar-refractivity contribution in [3.63, 3.8) is 0 Å². The first kappa shape index (κ1) is 22.4. The van der Waals surface area contributed by atoms with Crippen LogP contribution in [0.2, 0.25) is 5.02 Å². The summed E-state index contributed by atoms with van der Waals surface area (Å²) in [6, 6.07) is 26.6. The van der Waals surface area contributed by atoms with E-state index in [1.54, 1.807) is 36.4 Å². The van der Waals surface area contributed by atoms with Crippen molar-refractivity contribution in [3.05, 3.63) is 113 Å². The standard InChI is InChI=1S/C28H19ClN2O4/c29-21-11-13-22(14-12-21)31-27(33)25(26(32)30-28(31)34)16-18-5-3-9-23(15-18)35-17-20-8-4-7-19-6-1-2-10-24(19)20/h1-16H,17H2,(H,30,32,34)/b25-16-. The second-order valence-electron chi connectivity index (χ2n) is 7.93. The van der Waals surface area contributed by atoms with E-state index in [0.29, 0.717) is 28.6 Å². The van der Waals surface area contributed by atoms with Crippen LogP contribution in [0, 0.1) is 0 Å². The van der Waals surface area contributed by atoms with Gasteiger partial charge in [-0.3, -0.25) is 14.9 Å². The van der Waals surface area contributed by atoms with Gasteiger partial charge in [0.25, 0.3) is 11.8 Å². The lowest BCUT2D eigenvalue weighted by atomic mass is 10.1. The maximum absolute atomic E-state index is 13.1. The van der Waals surface area contributed by atoms with Gasteiger partial charge in [-0.2, -0.15) is 0 Å². The number of ether oxygens (including phenoxy) is 1. The summed E-state index contributed by atoms with van der Waals surface area (Å²) in [5.41, 5.74) is 1.78. The zero-order valence-electron chi connectivity index (χ0n) is 18.4. The molecule has 1 saturated heterocycles. The molecular formula is C28H19ClN2O4. The monoisotopic (exact) mass is 482 g/mol. The second kappa shape index (κ2) is 9.44. The normalized spacial score (nSPS) is 14.9. The van der Waals surface area contributed by atoms with Crippen molar-refractivity contribution >= 4 is 52.0 Å². The van der Waals surface area contributed by atoms with Crippen molar-refractivity contribution in [1.29, 1.82) is 0 Å². The fourth-order valence-corrected chi connectivity index (χ4v) is 4.05. The van der Waals surface area contributed by atoms with E-state index in [1.165, 1.54) is 18.2 Å². The number of carbonyl (C=O) groups excluding carboxylic acids is 3. The molecule has 35 heavy (non-hydrogen) atoms. The van der Waals surface area contributed by atoms with Gasteiger partial charge in [0, 0.05) is 5.02 Å². The first-order valence-corrected chi connectivity index (χ1v) is 11.2. The molecule has 1 N–H and O–H groups in total. The highest BCUT2D eigenvalue weighted by molar-refractivity contribution is 6.39. The van der Waals surface area contributed by atoms with Crippen molar-refractivity contribution in [2.45, 2.75) is 6.61 Å². The van der Waals surface area contributed by atoms with Crippen LogP contribution in [-0.4, -0.2) is 17.8 Å². The molecule has 4 amide bonds. The highest BCUT2D eigenvalue weighted by Crippen LogP contribution is 2.25. The van der Waals surface area contributed by atoms with E-state index in [1.807, 2.05) is 24.3 Å². The second-order valence-corrected chi connectivity index (χ2v) is 8.37. The van der Waals surface area contributed by atoms with Crippen LogP contribution >= 0.6 is 11.6 Å². The van der Waals surface area contributed by atoms with Crippen LogP contribution in [0.1, 0.15) is 11.1 Å². The van der Waals surface area contributed by atoms with Gasteiger partial charge in [-0.1, -0.05) is 66.2 Å². The summed E-state index contributed by atoms with van der Waals surface area (Å²) in [5, 5.41) is 4.93. The maximum atomic E-state index is 13.1. The molecule has 0 spiro atoms.